The van der Waals surface area contributed by atoms with Gasteiger partial charge < -0.3 is 19.5 Å². The summed E-state index contributed by atoms with van der Waals surface area (Å²) in [6.07, 6.45) is 3.44. The van der Waals surface area contributed by atoms with Gasteiger partial charge in [-0.25, -0.2) is 0 Å². The first-order valence-corrected chi connectivity index (χ1v) is 11.3. The van der Waals surface area contributed by atoms with Crippen molar-refractivity contribution in [3.05, 3.63) is 67.0 Å². The molecule has 2 aromatic heterocycles. The van der Waals surface area contributed by atoms with Crippen LogP contribution in [0, 0.1) is 0 Å². The monoisotopic (exact) mass is 477 g/mol. The van der Waals surface area contributed by atoms with Gasteiger partial charge in [-0.3, -0.25) is 14.3 Å². The van der Waals surface area contributed by atoms with Gasteiger partial charge >= 0.3 is 0 Å². The van der Waals surface area contributed by atoms with Crippen molar-refractivity contribution >= 4 is 23.4 Å². The Morgan fingerprint density at radius 3 is 2.32 bits per heavy atom. The first-order chi connectivity index (χ1) is 16.6. The Morgan fingerprint density at radius 1 is 0.971 bits per heavy atom. The predicted octanol–water partition coefficient (Wildman–Crippen LogP) is 4.09. The molecule has 0 bridgehead atoms. The van der Waals surface area contributed by atoms with E-state index in [9.17, 15) is 4.79 Å². The summed E-state index contributed by atoms with van der Waals surface area (Å²) in [6, 6.07) is 16.9. The molecule has 0 aliphatic carbocycles. The van der Waals surface area contributed by atoms with Gasteiger partial charge in [0.05, 0.1) is 27.1 Å². The molecule has 0 spiro atoms. The molecule has 2 aromatic carbocycles. The maximum atomic E-state index is 12.8. The molecule has 0 radical (unpaired) electrons. The second kappa shape index (κ2) is 10.7. The Balaban J connectivity index is 1.55. The van der Waals surface area contributed by atoms with Crippen LogP contribution >= 0.6 is 11.8 Å². The van der Waals surface area contributed by atoms with Gasteiger partial charge in [-0.1, -0.05) is 30.0 Å². The number of rotatable bonds is 9. The van der Waals surface area contributed by atoms with Crippen molar-refractivity contribution in [3.63, 3.8) is 0 Å². The van der Waals surface area contributed by atoms with E-state index < -0.39 is 0 Å². The molecule has 10 heteroatoms. The van der Waals surface area contributed by atoms with Crippen LogP contribution in [-0.2, 0) is 4.79 Å². The van der Waals surface area contributed by atoms with Crippen LogP contribution in [0.2, 0.25) is 0 Å². The number of ether oxygens (including phenoxy) is 3. The first kappa shape index (κ1) is 23.1. The number of nitrogens with zero attached hydrogens (tertiary/aromatic N) is 4. The fourth-order valence-corrected chi connectivity index (χ4v) is 4.09. The second-order valence-corrected chi connectivity index (χ2v) is 7.91. The molecule has 4 rings (SSSR count). The van der Waals surface area contributed by atoms with Gasteiger partial charge in [-0.2, -0.15) is 0 Å². The molecular formula is C24H23N5O4S. The predicted molar refractivity (Wildman–Crippen MR) is 130 cm³/mol. The highest BCUT2D eigenvalue weighted by molar-refractivity contribution is 7.99. The highest BCUT2D eigenvalue weighted by Crippen LogP contribution is 2.40. The second-order valence-electron chi connectivity index (χ2n) is 6.97. The number of hydrogen-bond acceptors (Lipinski definition) is 8. The fourth-order valence-electron chi connectivity index (χ4n) is 3.34. The van der Waals surface area contributed by atoms with Crippen molar-refractivity contribution in [2.24, 2.45) is 0 Å². The summed E-state index contributed by atoms with van der Waals surface area (Å²) in [5, 5.41) is 12.2. The maximum Gasteiger partial charge on any atom is 0.234 e. The Labute approximate surface area is 201 Å². The number of pyridine rings is 1. The number of hydrogen-bond donors (Lipinski definition) is 1. The largest absolute Gasteiger partial charge is 0.493 e. The molecule has 9 nitrogen and oxygen atoms in total. The standard InChI is InChI=1S/C24H23N5O4S/c1-31-19-12-17(13-20(32-2)22(19)33-3)26-21(30)15-34-24-28-27-23(16-8-7-11-25-14-16)29(24)18-9-5-4-6-10-18/h4-14H,15H2,1-3H3,(H,26,30). The minimum absolute atomic E-state index is 0.120. The lowest BCUT2D eigenvalue weighted by atomic mass is 10.2. The lowest BCUT2D eigenvalue weighted by Gasteiger charge is -2.14. The quantitative estimate of drug-likeness (QED) is 0.360. The number of benzene rings is 2. The minimum Gasteiger partial charge on any atom is -0.493 e. The Hall–Kier alpha value is -4.05. The van der Waals surface area contributed by atoms with Crippen LogP contribution in [-0.4, -0.2) is 52.7 Å². The molecule has 0 atom stereocenters. The lowest BCUT2D eigenvalue weighted by Crippen LogP contribution is -2.15. The van der Waals surface area contributed by atoms with Crippen LogP contribution in [0.25, 0.3) is 17.1 Å². The van der Waals surface area contributed by atoms with Crippen LogP contribution in [0.3, 0.4) is 0 Å². The summed E-state index contributed by atoms with van der Waals surface area (Å²) in [4.78, 5) is 16.9. The summed E-state index contributed by atoms with van der Waals surface area (Å²) < 4.78 is 17.9. The molecule has 1 N–H and O–H groups in total. The zero-order chi connectivity index (χ0) is 23.9. The third kappa shape index (κ3) is 4.96. The normalized spacial score (nSPS) is 10.6. The molecule has 0 fully saturated rings. The van der Waals surface area contributed by atoms with Gasteiger partial charge in [-0.05, 0) is 24.3 Å². The van der Waals surface area contributed by atoms with E-state index in [2.05, 4.69) is 20.5 Å². The Bertz CT molecular complexity index is 1240. The minimum atomic E-state index is -0.218. The van der Waals surface area contributed by atoms with Crippen LogP contribution in [0.5, 0.6) is 17.2 Å². The molecular weight excluding hydrogens is 454 g/mol. The molecule has 1 amide bonds. The van der Waals surface area contributed by atoms with Crippen molar-refractivity contribution in [1.82, 2.24) is 19.7 Å². The summed E-state index contributed by atoms with van der Waals surface area (Å²) in [6.45, 7) is 0. The number of anilines is 1. The van der Waals surface area contributed by atoms with Gasteiger partial charge in [0.2, 0.25) is 11.7 Å². The highest BCUT2D eigenvalue weighted by atomic mass is 32.2. The number of aromatic nitrogens is 4. The summed E-state index contributed by atoms with van der Waals surface area (Å²) in [5.41, 5.74) is 2.24. The van der Waals surface area contributed by atoms with E-state index in [1.54, 1.807) is 24.5 Å². The molecule has 4 aromatic rings. The van der Waals surface area contributed by atoms with E-state index in [0.29, 0.717) is 33.9 Å². The van der Waals surface area contributed by atoms with E-state index in [4.69, 9.17) is 14.2 Å². The first-order valence-electron chi connectivity index (χ1n) is 10.3. The number of nitrogens with one attached hydrogen (secondary N) is 1. The number of amides is 1. The molecule has 174 valence electrons. The van der Waals surface area contributed by atoms with Crippen molar-refractivity contribution in [1.29, 1.82) is 0 Å². The molecule has 0 unspecified atom stereocenters. The van der Waals surface area contributed by atoms with Gasteiger partial charge in [-0.15, -0.1) is 10.2 Å². The van der Waals surface area contributed by atoms with E-state index >= 15 is 0 Å². The third-order valence-corrected chi connectivity index (χ3v) is 5.78. The maximum absolute atomic E-state index is 12.8. The van der Waals surface area contributed by atoms with Crippen molar-refractivity contribution in [2.45, 2.75) is 5.16 Å². The number of carbonyl (C=O) groups is 1. The van der Waals surface area contributed by atoms with E-state index in [1.165, 1.54) is 33.1 Å². The zero-order valence-corrected chi connectivity index (χ0v) is 19.7. The molecule has 2 heterocycles. The SMILES string of the molecule is COc1cc(NC(=O)CSc2nnc(-c3cccnc3)n2-c2ccccc2)cc(OC)c1OC. The molecule has 0 aliphatic rings. The van der Waals surface area contributed by atoms with E-state index in [1.807, 2.05) is 47.0 Å². The van der Waals surface area contributed by atoms with E-state index in [-0.39, 0.29) is 11.7 Å². The number of para-hydroxylation sites is 1. The summed E-state index contributed by atoms with van der Waals surface area (Å²) in [5.74, 6) is 1.91. The van der Waals surface area contributed by atoms with E-state index in [0.717, 1.165) is 11.3 Å². The van der Waals surface area contributed by atoms with Gasteiger partial charge in [0.25, 0.3) is 0 Å². The molecule has 0 saturated carbocycles. The summed E-state index contributed by atoms with van der Waals surface area (Å²) >= 11 is 1.28. The van der Waals surface area contributed by atoms with Crippen molar-refractivity contribution in [3.8, 4) is 34.3 Å². The van der Waals surface area contributed by atoms with Crippen LogP contribution in [0.15, 0.2) is 72.1 Å². The highest BCUT2D eigenvalue weighted by Gasteiger charge is 2.18. The molecule has 0 saturated heterocycles. The fraction of sp³-hybridized carbons (Fsp3) is 0.167. The third-order valence-electron chi connectivity index (χ3n) is 4.85. The molecule has 34 heavy (non-hydrogen) atoms. The van der Waals surface area contributed by atoms with Gasteiger partial charge in [0.1, 0.15) is 0 Å². The average Bonchev–Trinajstić information content (AvgIpc) is 3.32. The Morgan fingerprint density at radius 2 is 1.71 bits per heavy atom. The van der Waals surface area contributed by atoms with Crippen molar-refractivity contribution < 1.29 is 19.0 Å². The van der Waals surface area contributed by atoms with Gasteiger partial charge in [0, 0.05) is 41.5 Å². The number of carbonyl (C=O) groups excluding carboxylic acids is 1. The summed E-state index contributed by atoms with van der Waals surface area (Å²) in [7, 11) is 4.57. The van der Waals surface area contributed by atoms with Crippen LogP contribution in [0.4, 0.5) is 5.69 Å². The topological polar surface area (TPSA) is 100 Å². The average molecular weight is 478 g/mol. The number of methoxy groups -OCH3 is 3. The van der Waals surface area contributed by atoms with Gasteiger partial charge in [0.15, 0.2) is 22.5 Å². The Kier molecular flexibility index (Phi) is 7.28. The number of thioether (sulfide) groups is 1. The lowest BCUT2D eigenvalue weighted by molar-refractivity contribution is -0.113. The van der Waals surface area contributed by atoms with Crippen molar-refractivity contribution in [2.75, 3.05) is 32.4 Å². The molecule has 0 aliphatic heterocycles. The van der Waals surface area contributed by atoms with Crippen LogP contribution in [0.1, 0.15) is 0 Å². The zero-order valence-electron chi connectivity index (χ0n) is 18.9. The smallest absolute Gasteiger partial charge is 0.234 e. The van der Waals surface area contributed by atoms with Crippen LogP contribution < -0.4 is 19.5 Å².